The highest BCUT2D eigenvalue weighted by Crippen LogP contribution is 2.30. The van der Waals surface area contributed by atoms with Crippen molar-refractivity contribution in [3.63, 3.8) is 0 Å². The van der Waals surface area contributed by atoms with Crippen LogP contribution in [-0.4, -0.2) is 69.6 Å². The van der Waals surface area contributed by atoms with Gasteiger partial charge in [0.15, 0.2) is 6.29 Å². The topological polar surface area (TPSA) is 116 Å². The molecule has 1 saturated heterocycles. The first-order chi connectivity index (χ1) is 11.5. The van der Waals surface area contributed by atoms with Gasteiger partial charge in [0, 0.05) is 5.92 Å². The third-order valence-electron chi connectivity index (χ3n) is 4.68. The molecule has 3 unspecified atom stereocenters. The zero-order valence-electron chi connectivity index (χ0n) is 13.0. The number of carbonyl (C=O) groups excluding carboxylic acids is 1. The molecular formula is C17H22O7. The number of allylic oxidation sites excluding steroid dienone is 4. The van der Waals surface area contributed by atoms with Crippen LogP contribution in [-0.2, 0) is 14.3 Å². The monoisotopic (exact) mass is 338 g/mol. The third kappa shape index (κ3) is 3.23. The van der Waals surface area contributed by atoms with E-state index in [0.29, 0.717) is 6.42 Å². The van der Waals surface area contributed by atoms with Crippen LogP contribution in [0.5, 0.6) is 0 Å². The number of carbonyl (C=O) groups is 1. The molecule has 0 radical (unpaired) electrons. The number of aliphatic hydroxyl groups is 4. The van der Waals surface area contributed by atoms with Gasteiger partial charge >= 0.3 is 0 Å². The molecule has 7 heteroatoms. The van der Waals surface area contributed by atoms with Crippen molar-refractivity contribution in [2.24, 2.45) is 11.8 Å². The molecule has 0 saturated carbocycles. The summed E-state index contributed by atoms with van der Waals surface area (Å²) in [7, 11) is 0. The summed E-state index contributed by atoms with van der Waals surface area (Å²) >= 11 is 0. The van der Waals surface area contributed by atoms with Crippen LogP contribution in [0.25, 0.3) is 0 Å². The summed E-state index contributed by atoms with van der Waals surface area (Å²) in [6.07, 6.45) is 3.95. The van der Waals surface area contributed by atoms with E-state index in [2.05, 4.69) is 0 Å². The SMILES string of the molecule is O=C1C2C=CC=CC1C(O[C@@H]1O[C@H](CO)[C@@H](O)[C@H](O)[C@H]1O)C=CC2. The smallest absolute Gasteiger partial charge is 0.187 e. The van der Waals surface area contributed by atoms with Crippen LogP contribution >= 0.6 is 0 Å². The molecule has 4 N–H and O–H groups in total. The average molecular weight is 338 g/mol. The molecule has 0 aromatic carbocycles. The van der Waals surface area contributed by atoms with Crippen LogP contribution in [0.1, 0.15) is 6.42 Å². The van der Waals surface area contributed by atoms with Crippen molar-refractivity contribution in [2.75, 3.05) is 6.61 Å². The maximum absolute atomic E-state index is 12.6. The van der Waals surface area contributed by atoms with Gasteiger partial charge in [0.2, 0.25) is 0 Å². The lowest BCUT2D eigenvalue weighted by Gasteiger charge is -2.41. The van der Waals surface area contributed by atoms with Crippen molar-refractivity contribution >= 4 is 5.78 Å². The molecule has 8 atom stereocenters. The molecule has 1 aliphatic heterocycles. The maximum Gasteiger partial charge on any atom is 0.187 e. The Morgan fingerprint density at radius 3 is 2.58 bits per heavy atom. The Morgan fingerprint density at radius 2 is 1.83 bits per heavy atom. The first kappa shape index (κ1) is 17.5. The van der Waals surface area contributed by atoms with Gasteiger partial charge in [0.1, 0.15) is 30.2 Å². The van der Waals surface area contributed by atoms with Crippen LogP contribution in [0, 0.1) is 11.8 Å². The largest absolute Gasteiger partial charge is 0.394 e. The minimum atomic E-state index is -1.51. The molecule has 1 heterocycles. The summed E-state index contributed by atoms with van der Waals surface area (Å²) < 4.78 is 11.1. The normalized spacial score (nSPS) is 45.1. The van der Waals surface area contributed by atoms with Gasteiger partial charge in [-0.25, -0.2) is 0 Å². The van der Waals surface area contributed by atoms with E-state index in [0.717, 1.165) is 0 Å². The Kier molecular flexibility index (Phi) is 5.29. The summed E-state index contributed by atoms with van der Waals surface area (Å²) in [5.74, 6) is -0.736. The number of ether oxygens (including phenoxy) is 2. The van der Waals surface area contributed by atoms with Gasteiger partial charge in [-0.2, -0.15) is 0 Å². The van der Waals surface area contributed by atoms with Crippen molar-refractivity contribution in [3.05, 3.63) is 36.5 Å². The Labute approximate surface area is 139 Å². The summed E-state index contributed by atoms with van der Waals surface area (Å²) in [5, 5.41) is 39.0. The summed E-state index contributed by atoms with van der Waals surface area (Å²) in [6.45, 7) is -0.528. The van der Waals surface area contributed by atoms with Crippen LogP contribution in [0.2, 0.25) is 0 Å². The van der Waals surface area contributed by atoms with Crippen molar-refractivity contribution in [1.29, 1.82) is 0 Å². The Hall–Kier alpha value is -1.35. The summed E-state index contributed by atoms with van der Waals surface area (Å²) in [6, 6.07) is 0. The zero-order valence-corrected chi connectivity index (χ0v) is 13.0. The van der Waals surface area contributed by atoms with Gasteiger partial charge in [-0.05, 0) is 6.42 Å². The molecule has 1 fully saturated rings. The van der Waals surface area contributed by atoms with Crippen LogP contribution in [0.15, 0.2) is 36.5 Å². The van der Waals surface area contributed by atoms with Crippen LogP contribution in [0.3, 0.4) is 0 Å². The Morgan fingerprint density at radius 1 is 1.08 bits per heavy atom. The third-order valence-corrected chi connectivity index (χ3v) is 4.68. The molecule has 0 aromatic heterocycles. The first-order valence-corrected chi connectivity index (χ1v) is 8.04. The molecule has 132 valence electrons. The molecule has 7 nitrogen and oxygen atoms in total. The molecule has 2 aliphatic carbocycles. The highest BCUT2D eigenvalue weighted by atomic mass is 16.7. The Balaban J connectivity index is 1.78. The van der Waals surface area contributed by atoms with Gasteiger partial charge in [-0.1, -0.05) is 36.5 Å². The molecule has 3 aliphatic rings. The Bertz CT molecular complexity index is 553. The quantitative estimate of drug-likeness (QED) is 0.491. The fraction of sp³-hybridized carbons (Fsp3) is 0.588. The van der Waals surface area contributed by atoms with Crippen LogP contribution < -0.4 is 0 Å². The highest BCUT2D eigenvalue weighted by Gasteiger charge is 2.45. The second-order valence-corrected chi connectivity index (χ2v) is 6.27. The molecule has 3 rings (SSSR count). The van der Waals surface area contributed by atoms with Crippen molar-refractivity contribution < 1.29 is 34.7 Å². The van der Waals surface area contributed by atoms with Gasteiger partial charge in [-0.15, -0.1) is 0 Å². The van der Waals surface area contributed by atoms with Crippen molar-refractivity contribution in [2.45, 2.75) is 43.2 Å². The number of hydrogen-bond donors (Lipinski definition) is 4. The standard InChI is InChI=1S/C17H22O7/c18-8-12-14(20)15(21)16(22)17(24-12)23-11-7-3-5-9-4-1-2-6-10(11)13(9)19/h1-4,6-7,9-12,14-18,20-22H,5,8H2/t9?,10?,11?,12-,14-,15+,16-,17-/m1/s1. The number of Topliss-reactive ketones (excluding diaryl/α,β-unsaturated/α-hetero) is 1. The second-order valence-electron chi connectivity index (χ2n) is 6.27. The number of fused-ring (bicyclic) bond motifs is 2. The minimum Gasteiger partial charge on any atom is -0.394 e. The van der Waals surface area contributed by atoms with Gasteiger partial charge < -0.3 is 29.9 Å². The number of hydrogen-bond acceptors (Lipinski definition) is 7. The average Bonchev–Trinajstić information content (AvgIpc) is 2.85. The lowest BCUT2D eigenvalue weighted by atomic mass is 9.90. The van der Waals surface area contributed by atoms with Gasteiger partial charge in [0.05, 0.1) is 18.6 Å². The van der Waals surface area contributed by atoms with E-state index in [9.17, 15) is 25.2 Å². The van der Waals surface area contributed by atoms with E-state index >= 15 is 0 Å². The fourth-order valence-corrected chi connectivity index (χ4v) is 3.23. The van der Waals surface area contributed by atoms with E-state index < -0.39 is 49.3 Å². The molecular weight excluding hydrogens is 316 g/mol. The molecule has 0 aromatic rings. The van der Waals surface area contributed by atoms with E-state index in [1.807, 2.05) is 18.2 Å². The second kappa shape index (κ2) is 7.26. The zero-order chi connectivity index (χ0) is 17.3. The number of ketones is 1. The van der Waals surface area contributed by atoms with Crippen molar-refractivity contribution in [3.8, 4) is 0 Å². The summed E-state index contributed by atoms with van der Waals surface area (Å²) in [4.78, 5) is 12.6. The van der Waals surface area contributed by atoms with E-state index in [-0.39, 0.29) is 11.7 Å². The lowest BCUT2D eigenvalue weighted by molar-refractivity contribution is -0.309. The molecule has 0 amide bonds. The predicted octanol–water partition coefficient (Wildman–Crippen LogP) is -0.941. The van der Waals surface area contributed by atoms with Crippen LogP contribution in [0.4, 0.5) is 0 Å². The molecule has 2 bridgehead atoms. The number of aliphatic hydroxyl groups excluding tert-OH is 4. The first-order valence-electron chi connectivity index (χ1n) is 8.04. The number of rotatable bonds is 3. The van der Waals surface area contributed by atoms with Gasteiger partial charge in [-0.3, -0.25) is 4.79 Å². The molecule has 0 spiro atoms. The van der Waals surface area contributed by atoms with E-state index in [1.165, 1.54) is 0 Å². The predicted molar refractivity (Wildman–Crippen MR) is 82.7 cm³/mol. The maximum atomic E-state index is 12.6. The van der Waals surface area contributed by atoms with E-state index in [1.54, 1.807) is 18.2 Å². The fourth-order valence-electron chi connectivity index (χ4n) is 3.23. The van der Waals surface area contributed by atoms with E-state index in [4.69, 9.17) is 9.47 Å². The summed E-state index contributed by atoms with van der Waals surface area (Å²) in [5.41, 5.74) is 0. The molecule has 24 heavy (non-hydrogen) atoms. The van der Waals surface area contributed by atoms with Gasteiger partial charge in [0.25, 0.3) is 0 Å². The van der Waals surface area contributed by atoms with Crippen molar-refractivity contribution in [1.82, 2.24) is 0 Å². The minimum absolute atomic E-state index is 0.0135. The lowest BCUT2D eigenvalue weighted by Crippen LogP contribution is -2.60. The highest BCUT2D eigenvalue weighted by molar-refractivity contribution is 5.88.